The summed E-state index contributed by atoms with van der Waals surface area (Å²) in [5.41, 5.74) is 5.20. The Morgan fingerprint density at radius 2 is 2.12 bits per heavy atom. The van der Waals surface area contributed by atoms with Gasteiger partial charge in [0.2, 0.25) is 0 Å². The van der Waals surface area contributed by atoms with Crippen molar-refractivity contribution in [2.24, 2.45) is 5.73 Å². The van der Waals surface area contributed by atoms with Crippen molar-refractivity contribution in [2.75, 3.05) is 0 Å². The van der Waals surface area contributed by atoms with Gasteiger partial charge in [0.25, 0.3) is 0 Å². The van der Waals surface area contributed by atoms with E-state index in [9.17, 15) is 9.59 Å². The van der Waals surface area contributed by atoms with Gasteiger partial charge in [-0.1, -0.05) is 6.07 Å². The number of carboxylic acids is 2. The molecule has 0 fully saturated rings. The van der Waals surface area contributed by atoms with E-state index in [1.54, 1.807) is 12.1 Å². The van der Waals surface area contributed by atoms with Crippen LogP contribution >= 0.6 is 11.3 Å². The van der Waals surface area contributed by atoms with E-state index in [4.69, 9.17) is 20.7 Å². The normalized spacial score (nSPS) is 14.3. The molecule has 4 N–H and O–H groups in total. The van der Waals surface area contributed by atoms with Crippen LogP contribution in [0.1, 0.15) is 4.88 Å². The number of rotatable bonds is 6. The first-order chi connectivity index (χ1) is 7.52. The predicted octanol–water partition coefficient (Wildman–Crippen LogP) is 0.130. The Hall–Kier alpha value is -1.44. The summed E-state index contributed by atoms with van der Waals surface area (Å²) in [5.74, 6) is -2.79. The molecule has 0 unspecified atom stereocenters. The van der Waals surface area contributed by atoms with Crippen molar-refractivity contribution in [3.05, 3.63) is 22.4 Å². The topological polar surface area (TPSA) is 110 Å². The summed E-state index contributed by atoms with van der Waals surface area (Å²) in [4.78, 5) is 22.1. The molecule has 0 bridgehead atoms. The van der Waals surface area contributed by atoms with Gasteiger partial charge in [-0.05, 0) is 11.4 Å². The molecule has 2 atom stereocenters. The Kier molecular flexibility index (Phi) is 4.41. The minimum Gasteiger partial charge on any atom is -0.480 e. The molecule has 1 aromatic heterocycles. The first-order valence-corrected chi connectivity index (χ1v) is 5.25. The molecule has 0 aromatic carbocycles. The van der Waals surface area contributed by atoms with E-state index in [0.717, 1.165) is 4.88 Å². The highest BCUT2D eigenvalue weighted by atomic mass is 32.1. The van der Waals surface area contributed by atoms with Gasteiger partial charge in [0, 0.05) is 4.88 Å². The molecule has 1 rings (SSSR count). The fourth-order valence-electron chi connectivity index (χ4n) is 1.02. The maximum Gasteiger partial charge on any atom is 0.335 e. The van der Waals surface area contributed by atoms with Crippen molar-refractivity contribution in [1.82, 2.24) is 0 Å². The number of nitrogens with two attached hydrogens (primary N) is 1. The molecule has 0 aliphatic carbocycles. The van der Waals surface area contributed by atoms with Gasteiger partial charge in [0.1, 0.15) is 6.04 Å². The number of ether oxygens (including phenoxy) is 1. The molecule has 16 heavy (non-hydrogen) atoms. The van der Waals surface area contributed by atoms with Crippen LogP contribution in [0.4, 0.5) is 0 Å². The molecule has 0 spiro atoms. The maximum atomic E-state index is 10.7. The van der Waals surface area contributed by atoms with Crippen LogP contribution in [0.15, 0.2) is 17.5 Å². The summed E-state index contributed by atoms with van der Waals surface area (Å²) in [6, 6.07) is 1.98. The lowest BCUT2D eigenvalue weighted by atomic mass is 10.2. The van der Waals surface area contributed by atoms with Crippen LogP contribution in [0.25, 0.3) is 0 Å². The number of hydrogen-bond donors (Lipinski definition) is 3. The molecule has 0 radical (unpaired) electrons. The number of carbonyl (C=O) groups is 2. The summed E-state index contributed by atoms with van der Waals surface area (Å²) in [7, 11) is 0. The lowest BCUT2D eigenvalue weighted by Crippen LogP contribution is -2.47. The molecular weight excluding hydrogens is 234 g/mol. The van der Waals surface area contributed by atoms with E-state index in [2.05, 4.69) is 0 Å². The maximum absolute atomic E-state index is 10.7. The SMILES string of the molecule is N[C@H](C(=O)O)[C@H](OCc1cccs1)C(=O)O. The lowest BCUT2D eigenvalue weighted by molar-refractivity contribution is -0.159. The molecule has 0 amide bonds. The van der Waals surface area contributed by atoms with Gasteiger partial charge < -0.3 is 20.7 Å². The number of thiophene rings is 1. The van der Waals surface area contributed by atoms with Crippen molar-refractivity contribution in [3.63, 3.8) is 0 Å². The quantitative estimate of drug-likeness (QED) is 0.657. The second-order valence-electron chi connectivity index (χ2n) is 3.01. The lowest BCUT2D eigenvalue weighted by Gasteiger charge is -2.16. The Morgan fingerprint density at radius 1 is 1.44 bits per heavy atom. The van der Waals surface area contributed by atoms with Crippen LogP contribution in [-0.4, -0.2) is 34.3 Å². The van der Waals surface area contributed by atoms with E-state index in [-0.39, 0.29) is 6.61 Å². The minimum atomic E-state index is -1.57. The van der Waals surface area contributed by atoms with E-state index in [1.807, 2.05) is 5.38 Å². The van der Waals surface area contributed by atoms with Crippen LogP contribution in [-0.2, 0) is 20.9 Å². The van der Waals surface area contributed by atoms with Crippen molar-refractivity contribution in [1.29, 1.82) is 0 Å². The molecule has 0 aliphatic heterocycles. The molecule has 0 aliphatic rings. The van der Waals surface area contributed by atoms with E-state index in [1.165, 1.54) is 11.3 Å². The summed E-state index contributed by atoms with van der Waals surface area (Å²) >= 11 is 1.39. The fourth-order valence-corrected chi connectivity index (χ4v) is 1.65. The molecule has 1 heterocycles. The van der Waals surface area contributed by atoms with E-state index < -0.39 is 24.1 Å². The van der Waals surface area contributed by atoms with Crippen LogP contribution in [0.2, 0.25) is 0 Å². The third-order valence-corrected chi connectivity index (χ3v) is 2.69. The second-order valence-corrected chi connectivity index (χ2v) is 4.05. The monoisotopic (exact) mass is 245 g/mol. The molecule has 7 heteroatoms. The summed E-state index contributed by atoms with van der Waals surface area (Å²) < 4.78 is 4.98. The average molecular weight is 245 g/mol. The van der Waals surface area contributed by atoms with Crippen molar-refractivity contribution in [3.8, 4) is 0 Å². The van der Waals surface area contributed by atoms with Gasteiger partial charge in [-0.25, -0.2) is 4.79 Å². The van der Waals surface area contributed by atoms with Gasteiger partial charge in [-0.2, -0.15) is 0 Å². The summed E-state index contributed by atoms with van der Waals surface area (Å²) in [5, 5.41) is 19.2. The third-order valence-electron chi connectivity index (χ3n) is 1.84. The van der Waals surface area contributed by atoms with Gasteiger partial charge in [-0.15, -0.1) is 11.3 Å². The fraction of sp³-hybridized carbons (Fsp3) is 0.333. The van der Waals surface area contributed by atoms with Crippen molar-refractivity contribution >= 4 is 23.3 Å². The van der Waals surface area contributed by atoms with Gasteiger partial charge >= 0.3 is 11.9 Å². The zero-order valence-corrected chi connectivity index (χ0v) is 9.02. The number of carboxylic acid groups (broad SMARTS) is 2. The van der Waals surface area contributed by atoms with Crippen molar-refractivity contribution in [2.45, 2.75) is 18.8 Å². The summed E-state index contributed by atoms with van der Waals surface area (Å²) in [6.07, 6.45) is -1.54. The molecule has 88 valence electrons. The smallest absolute Gasteiger partial charge is 0.335 e. The second kappa shape index (κ2) is 5.59. The highest BCUT2D eigenvalue weighted by Crippen LogP contribution is 2.12. The molecule has 6 nitrogen and oxygen atoms in total. The van der Waals surface area contributed by atoms with Crippen LogP contribution < -0.4 is 5.73 Å². The molecule has 1 aromatic rings. The Bertz CT molecular complexity index is 364. The number of hydrogen-bond acceptors (Lipinski definition) is 5. The van der Waals surface area contributed by atoms with E-state index >= 15 is 0 Å². The molecular formula is C9H11NO5S. The Morgan fingerprint density at radius 3 is 2.56 bits per heavy atom. The van der Waals surface area contributed by atoms with Crippen molar-refractivity contribution < 1.29 is 24.5 Å². The third kappa shape index (κ3) is 3.30. The summed E-state index contributed by atoms with van der Waals surface area (Å²) in [6.45, 7) is 0.0373. The standard InChI is InChI=1S/C9H11NO5S/c10-6(8(11)12)7(9(13)14)15-4-5-2-1-3-16-5/h1-3,6-7H,4,10H2,(H,11,12)(H,13,14)/t6-,7-/m0/s1. The minimum absolute atomic E-state index is 0.0373. The Labute approximate surface area is 95.3 Å². The first-order valence-electron chi connectivity index (χ1n) is 4.37. The highest BCUT2D eigenvalue weighted by Gasteiger charge is 2.31. The predicted molar refractivity (Wildman–Crippen MR) is 56.1 cm³/mol. The number of aliphatic carboxylic acids is 2. The van der Waals surface area contributed by atoms with E-state index in [0.29, 0.717) is 0 Å². The Balaban J connectivity index is 2.58. The van der Waals surface area contributed by atoms with Gasteiger partial charge in [-0.3, -0.25) is 4.79 Å². The first kappa shape index (κ1) is 12.6. The largest absolute Gasteiger partial charge is 0.480 e. The van der Waals surface area contributed by atoms with Gasteiger partial charge in [0.15, 0.2) is 6.10 Å². The zero-order chi connectivity index (χ0) is 12.1. The van der Waals surface area contributed by atoms with Crippen LogP contribution in [0.5, 0.6) is 0 Å². The van der Waals surface area contributed by atoms with Crippen LogP contribution in [0.3, 0.4) is 0 Å². The van der Waals surface area contributed by atoms with Crippen LogP contribution in [0, 0.1) is 0 Å². The molecule has 0 saturated carbocycles. The average Bonchev–Trinajstić information content (AvgIpc) is 2.69. The zero-order valence-electron chi connectivity index (χ0n) is 8.20. The van der Waals surface area contributed by atoms with Gasteiger partial charge in [0.05, 0.1) is 6.61 Å². The molecule has 0 saturated heterocycles. The highest BCUT2D eigenvalue weighted by molar-refractivity contribution is 7.09.